The van der Waals surface area contributed by atoms with Gasteiger partial charge in [-0.2, -0.15) is 5.10 Å². The van der Waals surface area contributed by atoms with E-state index in [1.807, 2.05) is 24.0 Å². The molecule has 1 aromatic heterocycles. The molecule has 0 saturated carbocycles. The predicted molar refractivity (Wildman–Crippen MR) is 77.0 cm³/mol. The lowest BCUT2D eigenvalue weighted by Crippen LogP contribution is -2.23. The Morgan fingerprint density at radius 1 is 1.50 bits per heavy atom. The Balaban J connectivity index is 1.92. The Labute approximate surface area is 122 Å². The summed E-state index contributed by atoms with van der Waals surface area (Å²) in [5.74, 6) is -1.01. The molecule has 106 valence electrons. The van der Waals surface area contributed by atoms with E-state index in [9.17, 15) is 4.79 Å². The number of halogens is 1. The summed E-state index contributed by atoms with van der Waals surface area (Å²) in [4.78, 5) is 13.0. The van der Waals surface area contributed by atoms with Gasteiger partial charge in [0.05, 0.1) is 17.1 Å². The van der Waals surface area contributed by atoms with E-state index in [4.69, 9.17) is 16.7 Å². The van der Waals surface area contributed by atoms with Gasteiger partial charge in [0, 0.05) is 25.5 Å². The topological polar surface area (TPSA) is 58.4 Å². The van der Waals surface area contributed by atoms with E-state index in [0.29, 0.717) is 6.54 Å². The van der Waals surface area contributed by atoms with Crippen LogP contribution in [-0.2, 0) is 13.1 Å². The second-order valence-electron chi connectivity index (χ2n) is 4.63. The maximum absolute atomic E-state index is 10.9. The summed E-state index contributed by atoms with van der Waals surface area (Å²) in [6.45, 7) is 2.37. The molecule has 0 unspecified atom stereocenters. The first-order valence-electron chi connectivity index (χ1n) is 6.24. The average Bonchev–Trinajstić information content (AvgIpc) is 2.89. The Kier molecular flexibility index (Phi) is 4.76. The SMILES string of the molecule is CN(CCn1cccn1)Cc1ccc(C(=O)O)c(Cl)c1. The van der Waals surface area contributed by atoms with Crippen LogP contribution in [-0.4, -0.2) is 39.3 Å². The van der Waals surface area contributed by atoms with Gasteiger partial charge < -0.3 is 10.0 Å². The second-order valence-corrected chi connectivity index (χ2v) is 5.03. The van der Waals surface area contributed by atoms with Crippen LogP contribution in [0.4, 0.5) is 0 Å². The zero-order valence-electron chi connectivity index (χ0n) is 11.2. The molecule has 0 aliphatic rings. The van der Waals surface area contributed by atoms with Gasteiger partial charge in [-0.25, -0.2) is 4.79 Å². The summed E-state index contributed by atoms with van der Waals surface area (Å²) in [7, 11) is 2.00. The molecule has 2 aromatic rings. The van der Waals surface area contributed by atoms with Crippen molar-refractivity contribution < 1.29 is 9.90 Å². The smallest absolute Gasteiger partial charge is 0.337 e. The highest BCUT2D eigenvalue weighted by molar-refractivity contribution is 6.33. The number of aromatic nitrogens is 2. The van der Waals surface area contributed by atoms with Crippen molar-refractivity contribution in [3.63, 3.8) is 0 Å². The van der Waals surface area contributed by atoms with E-state index >= 15 is 0 Å². The molecule has 0 fully saturated rings. The summed E-state index contributed by atoms with van der Waals surface area (Å²) in [6, 6.07) is 6.93. The Hall–Kier alpha value is -1.85. The third-order valence-electron chi connectivity index (χ3n) is 2.99. The van der Waals surface area contributed by atoms with Crippen LogP contribution in [0.2, 0.25) is 5.02 Å². The minimum absolute atomic E-state index is 0.134. The van der Waals surface area contributed by atoms with Gasteiger partial charge in [-0.05, 0) is 30.8 Å². The highest BCUT2D eigenvalue weighted by atomic mass is 35.5. The zero-order chi connectivity index (χ0) is 14.5. The molecule has 0 aliphatic carbocycles. The molecular formula is C14H16ClN3O2. The van der Waals surface area contributed by atoms with Gasteiger partial charge in [-0.1, -0.05) is 17.7 Å². The van der Waals surface area contributed by atoms with Crippen molar-refractivity contribution in [2.45, 2.75) is 13.1 Å². The molecule has 0 saturated heterocycles. The van der Waals surface area contributed by atoms with Crippen molar-refractivity contribution in [3.8, 4) is 0 Å². The minimum atomic E-state index is -1.01. The van der Waals surface area contributed by atoms with Crippen molar-refractivity contribution in [3.05, 3.63) is 52.8 Å². The van der Waals surface area contributed by atoms with E-state index < -0.39 is 5.97 Å². The van der Waals surface area contributed by atoms with Crippen LogP contribution >= 0.6 is 11.6 Å². The number of carboxylic acids is 1. The van der Waals surface area contributed by atoms with Crippen LogP contribution in [0.25, 0.3) is 0 Å². The van der Waals surface area contributed by atoms with E-state index in [0.717, 1.165) is 18.7 Å². The maximum Gasteiger partial charge on any atom is 0.337 e. The molecule has 0 spiro atoms. The van der Waals surface area contributed by atoms with Gasteiger partial charge in [-0.3, -0.25) is 4.68 Å². The van der Waals surface area contributed by atoms with Gasteiger partial charge in [-0.15, -0.1) is 0 Å². The minimum Gasteiger partial charge on any atom is -0.478 e. The van der Waals surface area contributed by atoms with Gasteiger partial charge in [0.2, 0.25) is 0 Å². The lowest BCUT2D eigenvalue weighted by atomic mass is 10.1. The first-order chi connectivity index (χ1) is 9.56. The fraction of sp³-hybridized carbons (Fsp3) is 0.286. The quantitative estimate of drug-likeness (QED) is 0.888. The second kappa shape index (κ2) is 6.54. The molecule has 0 radical (unpaired) electrons. The van der Waals surface area contributed by atoms with Crippen molar-refractivity contribution in [1.29, 1.82) is 0 Å². The summed E-state index contributed by atoms with van der Waals surface area (Å²) in [5.41, 5.74) is 1.12. The monoisotopic (exact) mass is 293 g/mol. The summed E-state index contributed by atoms with van der Waals surface area (Å²) in [6.07, 6.45) is 3.68. The van der Waals surface area contributed by atoms with Gasteiger partial charge in [0.25, 0.3) is 0 Å². The van der Waals surface area contributed by atoms with Crippen molar-refractivity contribution >= 4 is 17.6 Å². The van der Waals surface area contributed by atoms with Crippen molar-refractivity contribution in [1.82, 2.24) is 14.7 Å². The zero-order valence-corrected chi connectivity index (χ0v) is 11.9. The number of carbonyl (C=O) groups is 1. The lowest BCUT2D eigenvalue weighted by molar-refractivity contribution is 0.0697. The normalized spacial score (nSPS) is 10.9. The molecule has 0 bridgehead atoms. The molecule has 1 heterocycles. The molecule has 1 aromatic carbocycles. The Bertz CT molecular complexity index is 584. The lowest BCUT2D eigenvalue weighted by Gasteiger charge is -2.17. The number of benzene rings is 1. The fourth-order valence-corrected chi connectivity index (χ4v) is 2.21. The van der Waals surface area contributed by atoms with E-state index in [-0.39, 0.29) is 10.6 Å². The fourth-order valence-electron chi connectivity index (χ4n) is 1.93. The highest BCUT2D eigenvalue weighted by Crippen LogP contribution is 2.18. The van der Waals surface area contributed by atoms with Crippen LogP contribution in [0.1, 0.15) is 15.9 Å². The molecule has 1 N–H and O–H groups in total. The Morgan fingerprint density at radius 3 is 2.90 bits per heavy atom. The molecule has 20 heavy (non-hydrogen) atoms. The van der Waals surface area contributed by atoms with E-state index in [1.165, 1.54) is 0 Å². The number of rotatable bonds is 6. The highest BCUT2D eigenvalue weighted by Gasteiger charge is 2.09. The van der Waals surface area contributed by atoms with E-state index in [1.54, 1.807) is 24.4 Å². The summed E-state index contributed by atoms with van der Waals surface area (Å²) in [5, 5.41) is 13.3. The van der Waals surface area contributed by atoms with Crippen molar-refractivity contribution in [2.24, 2.45) is 0 Å². The van der Waals surface area contributed by atoms with Crippen LogP contribution in [0.5, 0.6) is 0 Å². The third-order valence-corrected chi connectivity index (χ3v) is 3.30. The maximum atomic E-state index is 10.9. The van der Waals surface area contributed by atoms with Gasteiger partial charge in [0.1, 0.15) is 0 Å². The number of aromatic carboxylic acids is 1. The molecule has 5 nitrogen and oxygen atoms in total. The summed E-state index contributed by atoms with van der Waals surface area (Å²) < 4.78 is 1.87. The first kappa shape index (κ1) is 14.6. The number of hydrogen-bond donors (Lipinski definition) is 1. The molecule has 0 aliphatic heterocycles. The van der Waals surface area contributed by atoms with Crippen LogP contribution < -0.4 is 0 Å². The van der Waals surface area contributed by atoms with E-state index in [2.05, 4.69) is 10.00 Å². The number of likely N-dealkylation sites (N-methyl/N-ethyl adjacent to an activating group) is 1. The largest absolute Gasteiger partial charge is 0.478 e. The van der Waals surface area contributed by atoms with Crippen LogP contribution in [0.15, 0.2) is 36.7 Å². The molecular weight excluding hydrogens is 278 g/mol. The molecule has 2 rings (SSSR count). The first-order valence-corrected chi connectivity index (χ1v) is 6.62. The predicted octanol–water partition coefficient (Wildman–Crippen LogP) is 2.37. The van der Waals surface area contributed by atoms with Crippen LogP contribution in [0.3, 0.4) is 0 Å². The Morgan fingerprint density at radius 2 is 2.30 bits per heavy atom. The van der Waals surface area contributed by atoms with Crippen molar-refractivity contribution in [2.75, 3.05) is 13.6 Å². The van der Waals surface area contributed by atoms with Crippen LogP contribution in [0, 0.1) is 0 Å². The summed E-state index contributed by atoms with van der Waals surface area (Å²) >= 11 is 5.95. The number of hydrogen-bond acceptors (Lipinski definition) is 3. The molecule has 0 amide bonds. The third kappa shape index (κ3) is 3.82. The standard InChI is InChI=1S/C14H16ClN3O2/c1-17(7-8-18-6-2-5-16-18)10-11-3-4-12(14(19)20)13(15)9-11/h2-6,9H,7-8,10H2,1H3,(H,19,20). The average molecular weight is 294 g/mol. The molecule has 6 heteroatoms. The number of carboxylic acid groups (broad SMARTS) is 1. The number of nitrogens with zero attached hydrogens (tertiary/aromatic N) is 3. The molecule has 0 atom stereocenters. The van der Waals surface area contributed by atoms with Gasteiger partial charge >= 0.3 is 5.97 Å². The van der Waals surface area contributed by atoms with Gasteiger partial charge in [0.15, 0.2) is 0 Å².